The van der Waals surface area contributed by atoms with Gasteiger partial charge in [0.2, 0.25) is 0 Å². The highest BCUT2D eigenvalue weighted by molar-refractivity contribution is 6.30. The van der Waals surface area contributed by atoms with E-state index in [1.54, 1.807) is 0 Å². The van der Waals surface area contributed by atoms with Crippen LogP contribution in [0.2, 0.25) is 5.02 Å². The zero-order valence-electron chi connectivity index (χ0n) is 9.53. The van der Waals surface area contributed by atoms with Gasteiger partial charge in [0.15, 0.2) is 0 Å². The molecule has 0 bridgehead atoms. The lowest BCUT2D eigenvalue weighted by atomic mass is 9.96. The summed E-state index contributed by atoms with van der Waals surface area (Å²) in [5.41, 5.74) is 0.950. The van der Waals surface area contributed by atoms with Crippen LogP contribution in [0.1, 0.15) is 50.2 Å². The van der Waals surface area contributed by atoms with E-state index in [2.05, 4.69) is 0 Å². The first-order chi connectivity index (χ1) is 7.75. The Hall–Kier alpha value is -0.530. The van der Waals surface area contributed by atoms with Crippen molar-refractivity contribution in [3.05, 3.63) is 34.9 Å². The van der Waals surface area contributed by atoms with Crippen molar-refractivity contribution in [2.75, 3.05) is 0 Å². The number of aliphatic hydroxyl groups is 1. The number of hydrogen-bond acceptors (Lipinski definition) is 1. The van der Waals surface area contributed by atoms with Crippen LogP contribution in [0.25, 0.3) is 0 Å². The van der Waals surface area contributed by atoms with Crippen molar-refractivity contribution in [3.63, 3.8) is 0 Å². The maximum absolute atomic E-state index is 10.0. The van der Waals surface area contributed by atoms with Gasteiger partial charge in [-0.2, -0.15) is 0 Å². The average Bonchev–Trinajstić information content (AvgIpc) is 2.78. The topological polar surface area (TPSA) is 20.2 Å². The van der Waals surface area contributed by atoms with Crippen LogP contribution in [0, 0.1) is 5.92 Å². The van der Waals surface area contributed by atoms with Crippen LogP contribution < -0.4 is 0 Å². The van der Waals surface area contributed by atoms with Gasteiger partial charge in [-0.05, 0) is 36.5 Å². The Balaban J connectivity index is 1.85. The lowest BCUT2D eigenvalue weighted by Crippen LogP contribution is -2.01. The second-order valence-corrected chi connectivity index (χ2v) is 5.24. The van der Waals surface area contributed by atoms with E-state index in [1.807, 2.05) is 24.3 Å². The van der Waals surface area contributed by atoms with Crippen molar-refractivity contribution in [2.24, 2.45) is 5.92 Å². The van der Waals surface area contributed by atoms with Gasteiger partial charge in [-0.25, -0.2) is 0 Å². The highest BCUT2D eigenvalue weighted by atomic mass is 35.5. The predicted molar refractivity (Wildman–Crippen MR) is 67.6 cm³/mol. The number of hydrogen-bond donors (Lipinski definition) is 1. The Morgan fingerprint density at radius 2 is 2.06 bits per heavy atom. The second-order valence-electron chi connectivity index (χ2n) is 4.80. The summed E-state index contributed by atoms with van der Waals surface area (Å²) in [6.45, 7) is 0. The molecule has 1 N–H and O–H groups in total. The predicted octanol–water partition coefficient (Wildman–Crippen LogP) is 4.34. The number of halogens is 1. The van der Waals surface area contributed by atoms with Gasteiger partial charge >= 0.3 is 0 Å². The zero-order valence-corrected chi connectivity index (χ0v) is 10.3. The molecule has 0 heterocycles. The third-order valence-electron chi connectivity index (χ3n) is 3.56. The summed E-state index contributed by atoms with van der Waals surface area (Å²) in [6, 6.07) is 7.55. The van der Waals surface area contributed by atoms with Crippen LogP contribution in [-0.4, -0.2) is 5.11 Å². The summed E-state index contributed by atoms with van der Waals surface area (Å²) in [4.78, 5) is 0. The Morgan fingerprint density at radius 3 is 2.75 bits per heavy atom. The molecule has 88 valence electrons. The Bertz CT molecular complexity index is 331. The molecule has 1 aromatic carbocycles. The van der Waals surface area contributed by atoms with Gasteiger partial charge < -0.3 is 5.11 Å². The van der Waals surface area contributed by atoms with Gasteiger partial charge in [-0.3, -0.25) is 0 Å². The zero-order chi connectivity index (χ0) is 11.4. The maximum atomic E-state index is 10.0. The summed E-state index contributed by atoms with van der Waals surface area (Å²) in [6.07, 6.45) is 7.11. The Kier molecular flexibility index (Phi) is 4.25. The van der Waals surface area contributed by atoms with Crippen molar-refractivity contribution in [2.45, 2.75) is 44.6 Å². The van der Waals surface area contributed by atoms with E-state index in [0.717, 1.165) is 24.3 Å². The van der Waals surface area contributed by atoms with E-state index in [4.69, 9.17) is 11.6 Å². The van der Waals surface area contributed by atoms with Crippen molar-refractivity contribution < 1.29 is 5.11 Å². The summed E-state index contributed by atoms with van der Waals surface area (Å²) in [5.74, 6) is 0.842. The summed E-state index contributed by atoms with van der Waals surface area (Å²) < 4.78 is 0. The van der Waals surface area contributed by atoms with Crippen LogP contribution in [-0.2, 0) is 0 Å². The van der Waals surface area contributed by atoms with Gasteiger partial charge in [0.25, 0.3) is 0 Å². The quantitative estimate of drug-likeness (QED) is 0.827. The van der Waals surface area contributed by atoms with Crippen molar-refractivity contribution in [1.82, 2.24) is 0 Å². The van der Waals surface area contributed by atoms with E-state index in [1.165, 1.54) is 25.7 Å². The fourth-order valence-electron chi connectivity index (χ4n) is 2.57. The smallest absolute Gasteiger partial charge is 0.0790 e. The Morgan fingerprint density at radius 1 is 1.31 bits per heavy atom. The first-order valence-corrected chi connectivity index (χ1v) is 6.57. The molecule has 16 heavy (non-hydrogen) atoms. The van der Waals surface area contributed by atoms with Gasteiger partial charge in [0.1, 0.15) is 0 Å². The van der Waals surface area contributed by atoms with E-state index in [9.17, 15) is 5.11 Å². The van der Waals surface area contributed by atoms with Gasteiger partial charge in [0, 0.05) is 5.02 Å². The van der Waals surface area contributed by atoms with Crippen molar-refractivity contribution in [3.8, 4) is 0 Å². The van der Waals surface area contributed by atoms with E-state index in [0.29, 0.717) is 5.02 Å². The summed E-state index contributed by atoms with van der Waals surface area (Å²) in [7, 11) is 0. The standard InChI is InChI=1S/C14H19ClO/c15-13-7-3-6-12(10-13)14(16)9-8-11-4-1-2-5-11/h3,6-7,10-11,14,16H,1-2,4-5,8-9H2. The molecule has 1 atom stereocenters. The summed E-state index contributed by atoms with van der Waals surface area (Å²) in [5, 5.41) is 10.8. The third kappa shape index (κ3) is 3.23. The molecule has 1 aromatic rings. The molecule has 0 aromatic heterocycles. The molecule has 1 unspecified atom stereocenters. The van der Waals surface area contributed by atoms with Gasteiger partial charge in [0.05, 0.1) is 6.10 Å². The van der Waals surface area contributed by atoms with Crippen LogP contribution in [0.4, 0.5) is 0 Å². The molecule has 1 saturated carbocycles. The highest BCUT2D eigenvalue weighted by Gasteiger charge is 2.17. The van der Waals surface area contributed by atoms with Gasteiger partial charge in [-0.1, -0.05) is 49.4 Å². The fraction of sp³-hybridized carbons (Fsp3) is 0.571. The van der Waals surface area contributed by atoms with E-state index >= 15 is 0 Å². The number of rotatable bonds is 4. The lowest BCUT2D eigenvalue weighted by Gasteiger charge is -2.14. The second kappa shape index (κ2) is 5.70. The first-order valence-electron chi connectivity index (χ1n) is 6.19. The molecule has 1 fully saturated rings. The maximum Gasteiger partial charge on any atom is 0.0790 e. The molecular formula is C14H19ClO. The minimum atomic E-state index is -0.348. The molecule has 2 rings (SSSR count). The normalized spacial score (nSPS) is 18.9. The van der Waals surface area contributed by atoms with Crippen molar-refractivity contribution >= 4 is 11.6 Å². The van der Waals surface area contributed by atoms with E-state index < -0.39 is 0 Å². The number of aliphatic hydroxyl groups excluding tert-OH is 1. The first kappa shape index (κ1) is 11.9. The largest absolute Gasteiger partial charge is 0.388 e. The minimum absolute atomic E-state index is 0.348. The molecule has 1 aliphatic rings. The van der Waals surface area contributed by atoms with E-state index in [-0.39, 0.29) is 6.10 Å². The third-order valence-corrected chi connectivity index (χ3v) is 3.79. The molecule has 0 aliphatic heterocycles. The van der Waals surface area contributed by atoms with Crippen LogP contribution in [0.5, 0.6) is 0 Å². The summed E-state index contributed by atoms with van der Waals surface area (Å²) >= 11 is 5.91. The van der Waals surface area contributed by atoms with Crippen LogP contribution in [0.15, 0.2) is 24.3 Å². The molecule has 0 amide bonds. The molecule has 0 spiro atoms. The minimum Gasteiger partial charge on any atom is -0.388 e. The van der Waals surface area contributed by atoms with Gasteiger partial charge in [-0.15, -0.1) is 0 Å². The highest BCUT2D eigenvalue weighted by Crippen LogP contribution is 2.31. The molecular weight excluding hydrogens is 220 g/mol. The van der Waals surface area contributed by atoms with Crippen LogP contribution in [0.3, 0.4) is 0 Å². The molecule has 0 saturated heterocycles. The molecule has 1 nitrogen and oxygen atoms in total. The fourth-order valence-corrected chi connectivity index (χ4v) is 2.77. The van der Waals surface area contributed by atoms with Crippen molar-refractivity contribution in [1.29, 1.82) is 0 Å². The SMILES string of the molecule is OC(CCC1CCCC1)c1cccc(Cl)c1. The average molecular weight is 239 g/mol. The van der Waals surface area contributed by atoms with Crippen LogP contribution >= 0.6 is 11.6 Å². The molecule has 2 heteroatoms. The number of benzene rings is 1. The molecule has 0 radical (unpaired) electrons. The molecule has 1 aliphatic carbocycles. The monoisotopic (exact) mass is 238 g/mol. The lowest BCUT2D eigenvalue weighted by molar-refractivity contribution is 0.157. The Labute approximate surface area is 102 Å².